The molecule has 0 bridgehead atoms. The van der Waals surface area contributed by atoms with Crippen molar-refractivity contribution < 1.29 is 9.53 Å². The molecule has 0 saturated carbocycles. The van der Waals surface area contributed by atoms with Gasteiger partial charge in [0.05, 0.1) is 12.6 Å². The third-order valence-corrected chi connectivity index (χ3v) is 3.74. The first-order valence-electron chi connectivity index (χ1n) is 7.43. The smallest absolute Gasteiger partial charge is 0.237 e. The van der Waals surface area contributed by atoms with Crippen LogP contribution in [-0.4, -0.2) is 43.6 Å². The number of ether oxygens (including phenoxy) is 1. The van der Waals surface area contributed by atoms with Crippen LogP contribution < -0.4 is 10.1 Å². The molecule has 1 saturated heterocycles. The molecule has 0 unspecified atom stereocenters. The number of hydrogen-bond acceptors (Lipinski definition) is 3. The van der Waals surface area contributed by atoms with Crippen LogP contribution in [0.3, 0.4) is 0 Å². The second-order valence-corrected chi connectivity index (χ2v) is 5.30. The Morgan fingerprint density at radius 2 is 2.10 bits per heavy atom. The Hall–Kier alpha value is -1.55. The van der Waals surface area contributed by atoms with Crippen LogP contribution in [0.4, 0.5) is 0 Å². The monoisotopic (exact) mass is 276 g/mol. The van der Waals surface area contributed by atoms with Gasteiger partial charge in [-0.05, 0) is 38.6 Å². The number of carbonyl (C=O) groups is 1. The lowest BCUT2D eigenvalue weighted by atomic mass is 10.1. The summed E-state index contributed by atoms with van der Waals surface area (Å²) in [5, 5.41) is 2.98. The second kappa shape index (κ2) is 7.90. The summed E-state index contributed by atoms with van der Waals surface area (Å²) in [5.41, 5.74) is 0. The molecular weight excluding hydrogens is 252 g/mol. The average molecular weight is 276 g/mol. The van der Waals surface area contributed by atoms with Crippen LogP contribution in [0.2, 0.25) is 0 Å². The molecule has 0 spiro atoms. The Morgan fingerprint density at radius 3 is 2.90 bits per heavy atom. The van der Waals surface area contributed by atoms with E-state index in [1.165, 1.54) is 12.8 Å². The van der Waals surface area contributed by atoms with Crippen molar-refractivity contribution in [2.45, 2.75) is 31.7 Å². The number of para-hydroxylation sites is 1. The van der Waals surface area contributed by atoms with Gasteiger partial charge in [0.1, 0.15) is 12.4 Å². The molecule has 1 aliphatic rings. The molecule has 4 heteroatoms. The summed E-state index contributed by atoms with van der Waals surface area (Å²) < 4.78 is 5.57. The molecule has 1 aliphatic heterocycles. The maximum atomic E-state index is 12.2. The molecule has 0 aromatic heterocycles. The minimum atomic E-state index is 0.0224. The minimum absolute atomic E-state index is 0.0224. The quantitative estimate of drug-likeness (QED) is 0.837. The van der Waals surface area contributed by atoms with Gasteiger partial charge in [0, 0.05) is 0 Å². The molecule has 1 heterocycles. The predicted molar refractivity (Wildman–Crippen MR) is 79.8 cm³/mol. The van der Waals surface area contributed by atoms with Gasteiger partial charge in [0.15, 0.2) is 0 Å². The molecule has 1 fully saturated rings. The van der Waals surface area contributed by atoms with E-state index in [0.717, 1.165) is 25.1 Å². The van der Waals surface area contributed by atoms with Crippen molar-refractivity contribution in [1.82, 2.24) is 10.2 Å². The molecule has 0 aliphatic carbocycles. The number of amides is 1. The summed E-state index contributed by atoms with van der Waals surface area (Å²) in [6.07, 6.45) is 4.52. The SMILES string of the molecule is CN1CCCCC[C@@H]1C(=O)NCCOc1ccccc1. The first kappa shape index (κ1) is 14.9. The fourth-order valence-electron chi connectivity index (χ4n) is 2.56. The van der Waals surface area contributed by atoms with Gasteiger partial charge in [0.25, 0.3) is 0 Å². The number of hydrogen-bond donors (Lipinski definition) is 1. The minimum Gasteiger partial charge on any atom is -0.492 e. The van der Waals surface area contributed by atoms with E-state index in [2.05, 4.69) is 10.2 Å². The third kappa shape index (κ3) is 4.53. The van der Waals surface area contributed by atoms with E-state index in [4.69, 9.17) is 4.74 Å². The van der Waals surface area contributed by atoms with Gasteiger partial charge in [-0.25, -0.2) is 0 Å². The van der Waals surface area contributed by atoms with Gasteiger partial charge in [0.2, 0.25) is 5.91 Å². The highest BCUT2D eigenvalue weighted by atomic mass is 16.5. The Kier molecular flexibility index (Phi) is 5.87. The highest BCUT2D eigenvalue weighted by molar-refractivity contribution is 5.81. The molecule has 1 N–H and O–H groups in total. The Bertz CT molecular complexity index is 408. The highest BCUT2D eigenvalue weighted by Gasteiger charge is 2.24. The zero-order valence-electron chi connectivity index (χ0n) is 12.2. The fraction of sp³-hybridized carbons (Fsp3) is 0.562. The number of nitrogens with zero attached hydrogens (tertiary/aromatic N) is 1. The van der Waals surface area contributed by atoms with Crippen molar-refractivity contribution in [2.24, 2.45) is 0 Å². The van der Waals surface area contributed by atoms with E-state index < -0.39 is 0 Å². The van der Waals surface area contributed by atoms with Gasteiger partial charge in [-0.1, -0.05) is 31.0 Å². The summed E-state index contributed by atoms with van der Waals surface area (Å²) >= 11 is 0. The predicted octanol–water partition coefficient (Wildman–Crippen LogP) is 2.06. The molecule has 1 amide bonds. The maximum Gasteiger partial charge on any atom is 0.237 e. The molecule has 0 radical (unpaired) electrons. The fourth-order valence-corrected chi connectivity index (χ4v) is 2.56. The van der Waals surface area contributed by atoms with Crippen molar-refractivity contribution in [3.8, 4) is 5.75 Å². The van der Waals surface area contributed by atoms with Crippen molar-refractivity contribution in [1.29, 1.82) is 0 Å². The van der Waals surface area contributed by atoms with E-state index in [0.29, 0.717) is 13.2 Å². The van der Waals surface area contributed by atoms with E-state index in [1.54, 1.807) is 0 Å². The lowest BCUT2D eigenvalue weighted by Gasteiger charge is -2.24. The first-order chi connectivity index (χ1) is 9.77. The molecule has 1 aromatic carbocycles. The van der Waals surface area contributed by atoms with Crippen LogP contribution in [0.1, 0.15) is 25.7 Å². The summed E-state index contributed by atoms with van der Waals surface area (Å²) in [5.74, 6) is 0.972. The van der Waals surface area contributed by atoms with E-state index >= 15 is 0 Å². The van der Waals surface area contributed by atoms with Crippen LogP contribution in [0.5, 0.6) is 5.75 Å². The van der Waals surface area contributed by atoms with Crippen LogP contribution in [0.25, 0.3) is 0 Å². The van der Waals surface area contributed by atoms with Crippen LogP contribution in [0, 0.1) is 0 Å². The summed E-state index contributed by atoms with van der Waals surface area (Å²) in [4.78, 5) is 14.3. The lowest BCUT2D eigenvalue weighted by Crippen LogP contribution is -2.45. The first-order valence-corrected chi connectivity index (χ1v) is 7.43. The molecule has 4 nitrogen and oxygen atoms in total. The summed E-state index contributed by atoms with van der Waals surface area (Å²) in [7, 11) is 2.04. The van der Waals surface area contributed by atoms with Gasteiger partial charge in [-0.2, -0.15) is 0 Å². The van der Waals surface area contributed by atoms with Gasteiger partial charge >= 0.3 is 0 Å². The molecule has 2 rings (SSSR count). The Balaban J connectivity index is 1.69. The molecule has 1 atom stereocenters. The molecule has 20 heavy (non-hydrogen) atoms. The van der Waals surface area contributed by atoms with E-state index in [1.807, 2.05) is 37.4 Å². The molecule has 1 aromatic rings. The zero-order valence-corrected chi connectivity index (χ0v) is 12.2. The standard InChI is InChI=1S/C16H24N2O2/c1-18-12-7-3-6-10-15(18)16(19)17-11-13-20-14-8-4-2-5-9-14/h2,4-5,8-9,15H,3,6-7,10-13H2,1H3,(H,17,19)/t15-/m1/s1. The van der Waals surface area contributed by atoms with Crippen LogP contribution in [-0.2, 0) is 4.79 Å². The van der Waals surface area contributed by atoms with Gasteiger partial charge < -0.3 is 10.1 Å². The largest absolute Gasteiger partial charge is 0.492 e. The van der Waals surface area contributed by atoms with Gasteiger partial charge in [-0.3, -0.25) is 9.69 Å². The number of benzene rings is 1. The number of rotatable bonds is 5. The average Bonchev–Trinajstić information content (AvgIpc) is 2.69. The summed E-state index contributed by atoms with van der Waals surface area (Å²) in [6, 6.07) is 9.69. The number of likely N-dealkylation sites (tertiary alicyclic amines) is 1. The number of nitrogens with one attached hydrogen (secondary N) is 1. The summed E-state index contributed by atoms with van der Waals surface area (Å²) in [6.45, 7) is 2.07. The topological polar surface area (TPSA) is 41.6 Å². The van der Waals surface area contributed by atoms with Gasteiger partial charge in [-0.15, -0.1) is 0 Å². The molecular formula is C16H24N2O2. The molecule has 110 valence electrons. The lowest BCUT2D eigenvalue weighted by molar-refractivity contribution is -0.126. The van der Waals surface area contributed by atoms with Crippen molar-refractivity contribution in [3.05, 3.63) is 30.3 Å². The van der Waals surface area contributed by atoms with Crippen LogP contribution in [0.15, 0.2) is 30.3 Å². The highest BCUT2D eigenvalue weighted by Crippen LogP contribution is 2.15. The van der Waals surface area contributed by atoms with Crippen molar-refractivity contribution >= 4 is 5.91 Å². The second-order valence-electron chi connectivity index (χ2n) is 5.30. The number of carbonyl (C=O) groups excluding carboxylic acids is 1. The number of likely N-dealkylation sites (N-methyl/N-ethyl adjacent to an activating group) is 1. The van der Waals surface area contributed by atoms with Crippen molar-refractivity contribution in [2.75, 3.05) is 26.7 Å². The van der Waals surface area contributed by atoms with Crippen LogP contribution >= 0.6 is 0 Å². The normalized spacial score (nSPS) is 20.1. The van der Waals surface area contributed by atoms with E-state index in [-0.39, 0.29) is 11.9 Å². The maximum absolute atomic E-state index is 12.2. The third-order valence-electron chi connectivity index (χ3n) is 3.74. The van der Waals surface area contributed by atoms with E-state index in [9.17, 15) is 4.79 Å². The zero-order chi connectivity index (χ0) is 14.2. The van der Waals surface area contributed by atoms with Crippen molar-refractivity contribution in [3.63, 3.8) is 0 Å². The Morgan fingerprint density at radius 1 is 1.30 bits per heavy atom. The Labute approximate surface area is 121 Å².